The lowest BCUT2D eigenvalue weighted by Crippen LogP contribution is -2.15. The molecule has 2 aromatic rings. The molecule has 0 aliphatic heterocycles. The standard InChI is InChI=1S/C11H13BrClN3O/c1-6-10(12)9(16(2)15-6)5-8(14)7-3-4-17-11(7)13/h3-4,8H,5,14H2,1-2H3. The van der Waals surface area contributed by atoms with Crippen molar-refractivity contribution in [3.63, 3.8) is 0 Å². The van der Waals surface area contributed by atoms with E-state index in [1.54, 1.807) is 12.3 Å². The van der Waals surface area contributed by atoms with E-state index < -0.39 is 0 Å². The van der Waals surface area contributed by atoms with Crippen molar-refractivity contribution < 1.29 is 4.42 Å². The second-order valence-electron chi connectivity index (χ2n) is 3.93. The summed E-state index contributed by atoms with van der Waals surface area (Å²) in [6, 6.07) is 1.59. The zero-order valence-electron chi connectivity index (χ0n) is 9.58. The van der Waals surface area contributed by atoms with Gasteiger partial charge in [-0.25, -0.2) is 0 Å². The number of halogens is 2. The summed E-state index contributed by atoms with van der Waals surface area (Å²) >= 11 is 9.42. The van der Waals surface area contributed by atoms with Gasteiger partial charge in [0.25, 0.3) is 0 Å². The molecule has 2 rings (SSSR count). The van der Waals surface area contributed by atoms with E-state index in [2.05, 4.69) is 21.0 Å². The average Bonchev–Trinajstić information content (AvgIpc) is 2.78. The van der Waals surface area contributed by atoms with Crippen molar-refractivity contribution in [3.05, 3.63) is 39.0 Å². The van der Waals surface area contributed by atoms with Crippen molar-refractivity contribution in [2.45, 2.75) is 19.4 Å². The van der Waals surface area contributed by atoms with Crippen LogP contribution in [0.3, 0.4) is 0 Å². The number of nitrogens with two attached hydrogens (primary N) is 1. The van der Waals surface area contributed by atoms with Crippen LogP contribution in [0.5, 0.6) is 0 Å². The first-order valence-corrected chi connectivity index (χ1v) is 6.34. The third-order valence-electron chi connectivity index (χ3n) is 2.72. The Morgan fingerprint density at radius 3 is 2.82 bits per heavy atom. The summed E-state index contributed by atoms with van der Waals surface area (Å²) in [6.45, 7) is 1.95. The molecular weight excluding hydrogens is 305 g/mol. The number of aromatic nitrogens is 2. The average molecular weight is 319 g/mol. The molecule has 92 valence electrons. The number of rotatable bonds is 3. The van der Waals surface area contributed by atoms with Gasteiger partial charge in [0.05, 0.1) is 22.1 Å². The Kier molecular flexibility index (Phi) is 3.61. The first kappa shape index (κ1) is 12.7. The fourth-order valence-electron chi connectivity index (χ4n) is 1.79. The Morgan fingerprint density at radius 1 is 1.65 bits per heavy atom. The van der Waals surface area contributed by atoms with Gasteiger partial charge < -0.3 is 10.2 Å². The molecule has 0 aliphatic rings. The summed E-state index contributed by atoms with van der Waals surface area (Å²) in [7, 11) is 1.90. The van der Waals surface area contributed by atoms with Gasteiger partial charge in [0, 0.05) is 25.1 Å². The Balaban J connectivity index is 2.24. The van der Waals surface area contributed by atoms with Gasteiger partial charge in [-0.3, -0.25) is 4.68 Å². The third-order valence-corrected chi connectivity index (χ3v) is 4.06. The summed E-state index contributed by atoms with van der Waals surface area (Å²) in [6.07, 6.45) is 2.19. The molecule has 2 aromatic heterocycles. The number of aryl methyl sites for hydroxylation is 2. The van der Waals surface area contributed by atoms with Crippen LogP contribution in [-0.4, -0.2) is 9.78 Å². The van der Waals surface area contributed by atoms with Crippen LogP contribution in [0.2, 0.25) is 5.22 Å². The number of nitrogens with zero attached hydrogens (tertiary/aromatic N) is 2. The molecule has 0 saturated carbocycles. The minimum Gasteiger partial charge on any atom is -0.453 e. The molecule has 4 nitrogen and oxygen atoms in total. The van der Waals surface area contributed by atoms with Crippen LogP contribution in [0.4, 0.5) is 0 Å². The van der Waals surface area contributed by atoms with Crippen molar-refractivity contribution >= 4 is 27.5 Å². The first-order valence-electron chi connectivity index (χ1n) is 5.17. The second-order valence-corrected chi connectivity index (χ2v) is 5.07. The quantitative estimate of drug-likeness (QED) is 0.946. The minimum absolute atomic E-state index is 0.202. The van der Waals surface area contributed by atoms with Gasteiger partial charge >= 0.3 is 0 Å². The van der Waals surface area contributed by atoms with Crippen molar-refractivity contribution in [1.82, 2.24) is 9.78 Å². The van der Waals surface area contributed by atoms with E-state index >= 15 is 0 Å². The van der Waals surface area contributed by atoms with Crippen molar-refractivity contribution in [2.24, 2.45) is 12.8 Å². The molecule has 0 spiro atoms. The van der Waals surface area contributed by atoms with E-state index in [1.807, 2.05) is 18.7 Å². The molecular formula is C11H13BrClN3O. The van der Waals surface area contributed by atoms with E-state index in [4.69, 9.17) is 21.8 Å². The maximum Gasteiger partial charge on any atom is 0.197 e. The van der Waals surface area contributed by atoms with Crippen molar-refractivity contribution in [3.8, 4) is 0 Å². The summed E-state index contributed by atoms with van der Waals surface area (Å²) in [5.41, 5.74) is 8.93. The summed E-state index contributed by atoms with van der Waals surface area (Å²) in [5.74, 6) is 0. The van der Waals surface area contributed by atoms with Crippen LogP contribution < -0.4 is 5.73 Å². The van der Waals surface area contributed by atoms with Crippen LogP contribution in [-0.2, 0) is 13.5 Å². The smallest absolute Gasteiger partial charge is 0.197 e. The molecule has 0 fully saturated rings. The van der Waals surface area contributed by atoms with E-state index in [-0.39, 0.29) is 6.04 Å². The molecule has 0 saturated heterocycles. The van der Waals surface area contributed by atoms with Crippen LogP contribution in [0, 0.1) is 6.92 Å². The topological polar surface area (TPSA) is 57.0 Å². The van der Waals surface area contributed by atoms with E-state index in [9.17, 15) is 0 Å². The van der Waals surface area contributed by atoms with Gasteiger partial charge in [-0.1, -0.05) is 0 Å². The highest BCUT2D eigenvalue weighted by Crippen LogP contribution is 2.28. The predicted molar refractivity (Wildman–Crippen MR) is 70.0 cm³/mol. The summed E-state index contributed by atoms with van der Waals surface area (Å²) in [4.78, 5) is 0. The molecule has 0 bridgehead atoms. The predicted octanol–water partition coefficient (Wildman–Crippen LogP) is 2.98. The molecule has 0 amide bonds. The lowest BCUT2D eigenvalue weighted by molar-refractivity contribution is 0.558. The molecule has 1 unspecified atom stereocenters. The number of hydrogen-bond acceptors (Lipinski definition) is 3. The maximum absolute atomic E-state index is 6.11. The van der Waals surface area contributed by atoms with Crippen LogP contribution >= 0.6 is 27.5 Å². The lowest BCUT2D eigenvalue weighted by Gasteiger charge is -2.10. The molecule has 2 N–H and O–H groups in total. The zero-order chi connectivity index (χ0) is 12.6. The van der Waals surface area contributed by atoms with E-state index in [1.165, 1.54) is 0 Å². The second kappa shape index (κ2) is 4.84. The Hall–Kier alpha value is -0.780. The Morgan fingerprint density at radius 2 is 2.35 bits per heavy atom. The van der Waals surface area contributed by atoms with Gasteiger partial charge in [0.15, 0.2) is 5.22 Å². The summed E-state index contributed by atoms with van der Waals surface area (Å²) < 4.78 is 7.86. The first-order chi connectivity index (χ1) is 8.00. The lowest BCUT2D eigenvalue weighted by atomic mass is 10.1. The van der Waals surface area contributed by atoms with Gasteiger partial charge in [-0.2, -0.15) is 5.10 Å². The normalized spacial score (nSPS) is 13.0. The Labute approximate surface area is 113 Å². The highest BCUT2D eigenvalue weighted by molar-refractivity contribution is 9.10. The Bertz CT molecular complexity index is 535. The molecule has 17 heavy (non-hydrogen) atoms. The molecule has 6 heteroatoms. The molecule has 1 atom stereocenters. The van der Waals surface area contributed by atoms with Crippen LogP contribution in [0.15, 0.2) is 21.2 Å². The maximum atomic E-state index is 6.11. The zero-order valence-corrected chi connectivity index (χ0v) is 11.9. The van der Waals surface area contributed by atoms with E-state index in [0.29, 0.717) is 11.6 Å². The number of hydrogen-bond donors (Lipinski definition) is 1. The minimum atomic E-state index is -0.202. The monoisotopic (exact) mass is 317 g/mol. The number of furan rings is 1. The third kappa shape index (κ3) is 2.41. The van der Waals surface area contributed by atoms with E-state index in [0.717, 1.165) is 21.4 Å². The summed E-state index contributed by atoms with van der Waals surface area (Å²) in [5, 5.41) is 4.68. The molecule has 0 aromatic carbocycles. The highest BCUT2D eigenvalue weighted by Gasteiger charge is 2.18. The fourth-order valence-corrected chi connectivity index (χ4v) is 2.54. The van der Waals surface area contributed by atoms with Crippen molar-refractivity contribution in [2.75, 3.05) is 0 Å². The van der Waals surface area contributed by atoms with Gasteiger partial charge in [-0.05, 0) is 40.5 Å². The molecule has 2 heterocycles. The van der Waals surface area contributed by atoms with Gasteiger partial charge in [0.2, 0.25) is 0 Å². The highest BCUT2D eigenvalue weighted by atomic mass is 79.9. The van der Waals surface area contributed by atoms with Crippen LogP contribution in [0.25, 0.3) is 0 Å². The van der Waals surface area contributed by atoms with Gasteiger partial charge in [-0.15, -0.1) is 0 Å². The van der Waals surface area contributed by atoms with Crippen LogP contribution in [0.1, 0.15) is 23.0 Å². The van der Waals surface area contributed by atoms with Gasteiger partial charge in [0.1, 0.15) is 0 Å². The largest absolute Gasteiger partial charge is 0.453 e. The fraction of sp³-hybridized carbons (Fsp3) is 0.364. The SMILES string of the molecule is Cc1nn(C)c(CC(N)c2ccoc2Cl)c1Br. The van der Waals surface area contributed by atoms with Crippen molar-refractivity contribution in [1.29, 1.82) is 0 Å². The molecule has 0 aliphatic carbocycles. The molecule has 0 radical (unpaired) electrons.